The summed E-state index contributed by atoms with van der Waals surface area (Å²) in [7, 11) is 1.65. The van der Waals surface area contributed by atoms with E-state index in [4.69, 9.17) is 4.74 Å². The highest BCUT2D eigenvalue weighted by atomic mass is 16.5. The van der Waals surface area contributed by atoms with Crippen LogP contribution in [0.25, 0.3) is 0 Å². The molecule has 0 aliphatic rings. The molecular formula is C18H22N2O2. The van der Waals surface area contributed by atoms with Crippen molar-refractivity contribution in [3.63, 3.8) is 0 Å². The predicted molar refractivity (Wildman–Crippen MR) is 88.0 cm³/mol. The molecule has 0 atom stereocenters. The molecule has 0 radical (unpaired) electrons. The van der Waals surface area contributed by atoms with Gasteiger partial charge in [0.1, 0.15) is 5.75 Å². The highest BCUT2D eigenvalue weighted by molar-refractivity contribution is 5.74. The van der Waals surface area contributed by atoms with E-state index in [1.807, 2.05) is 50.2 Å². The Hall–Kier alpha value is -2.49. The molecule has 0 aliphatic heterocycles. The van der Waals surface area contributed by atoms with Crippen LogP contribution in [0.4, 0.5) is 4.79 Å². The maximum Gasteiger partial charge on any atom is 0.315 e. The van der Waals surface area contributed by atoms with E-state index in [9.17, 15) is 4.79 Å². The topological polar surface area (TPSA) is 50.4 Å². The van der Waals surface area contributed by atoms with Crippen LogP contribution in [-0.4, -0.2) is 13.1 Å². The zero-order valence-electron chi connectivity index (χ0n) is 13.3. The number of carbonyl (C=O) groups excluding carboxylic acids is 1. The van der Waals surface area contributed by atoms with Crippen molar-refractivity contribution in [2.75, 3.05) is 7.11 Å². The average Bonchev–Trinajstić information content (AvgIpc) is 2.52. The Morgan fingerprint density at radius 1 is 1.05 bits per heavy atom. The van der Waals surface area contributed by atoms with Crippen LogP contribution in [0, 0.1) is 13.8 Å². The van der Waals surface area contributed by atoms with E-state index >= 15 is 0 Å². The van der Waals surface area contributed by atoms with Gasteiger partial charge < -0.3 is 15.4 Å². The summed E-state index contributed by atoms with van der Waals surface area (Å²) in [4.78, 5) is 11.9. The fraction of sp³-hybridized carbons (Fsp3) is 0.278. The van der Waals surface area contributed by atoms with Gasteiger partial charge in [-0.25, -0.2) is 4.79 Å². The van der Waals surface area contributed by atoms with Crippen LogP contribution in [-0.2, 0) is 13.1 Å². The number of benzene rings is 2. The lowest BCUT2D eigenvalue weighted by molar-refractivity contribution is 0.240. The van der Waals surface area contributed by atoms with Crippen molar-refractivity contribution in [3.05, 3.63) is 64.7 Å². The SMILES string of the molecule is COc1cc(C)cc(C)c1CNC(=O)NCc1ccccc1. The summed E-state index contributed by atoms with van der Waals surface area (Å²) in [5.41, 5.74) is 4.33. The minimum Gasteiger partial charge on any atom is -0.496 e. The van der Waals surface area contributed by atoms with Crippen molar-refractivity contribution in [3.8, 4) is 5.75 Å². The second kappa shape index (κ2) is 7.50. The Labute approximate surface area is 131 Å². The fourth-order valence-electron chi connectivity index (χ4n) is 2.38. The Morgan fingerprint density at radius 3 is 2.41 bits per heavy atom. The van der Waals surface area contributed by atoms with E-state index in [2.05, 4.69) is 16.7 Å². The van der Waals surface area contributed by atoms with Crippen molar-refractivity contribution in [1.29, 1.82) is 0 Å². The summed E-state index contributed by atoms with van der Waals surface area (Å²) in [6.45, 7) is 5.00. The van der Waals surface area contributed by atoms with Gasteiger partial charge >= 0.3 is 6.03 Å². The quantitative estimate of drug-likeness (QED) is 0.889. The lowest BCUT2D eigenvalue weighted by Gasteiger charge is -2.14. The number of carbonyl (C=O) groups is 1. The van der Waals surface area contributed by atoms with Crippen molar-refractivity contribution < 1.29 is 9.53 Å². The van der Waals surface area contributed by atoms with Gasteiger partial charge in [0.05, 0.1) is 7.11 Å². The molecular weight excluding hydrogens is 276 g/mol. The van der Waals surface area contributed by atoms with Crippen molar-refractivity contribution in [2.45, 2.75) is 26.9 Å². The van der Waals surface area contributed by atoms with Crippen molar-refractivity contribution in [2.24, 2.45) is 0 Å². The zero-order valence-corrected chi connectivity index (χ0v) is 13.3. The Morgan fingerprint density at radius 2 is 1.73 bits per heavy atom. The van der Waals surface area contributed by atoms with Gasteiger partial charge in [0.15, 0.2) is 0 Å². The van der Waals surface area contributed by atoms with Gasteiger partial charge in [0.2, 0.25) is 0 Å². The number of nitrogens with one attached hydrogen (secondary N) is 2. The number of hydrogen-bond acceptors (Lipinski definition) is 2. The summed E-state index contributed by atoms with van der Waals surface area (Å²) in [6.07, 6.45) is 0. The summed E-state index contributed by atoms with van der Waals surface area (Å²) in [6, 6.07) is 13.7. The number of aryl methyl sites for hydroxylation is 2. The van der Waals surface area contributed by atoms with Crippen molar-refractivity contribution in [1.82, 2.24) is 10.6 Å². The zero-order chi connectivity index (χ0) is 15.9. The molecule has 2 aromatic rings. The Kier molecular flexibility index (Phi) is 5.42. The molecule has 2 N–H and O–H groups in total. The van der Waals surface area contributed by atoms with Gasteiger partial charge in [-0.3, -0.25) is 0 Å². The van der Waals surface area contributed by atoms with Gasteiger partial charge in [-0.05, 0) is 36.6 Å². The molecule has 4 nitrogen and oxygen atoms in total. The molecule has 0 fully saturated rings. The molecule has 2 rings (SSSR count). The molecule has 0 heterocycles. The highest BCUT2D eigenvalue weighted by Gasteiger charge is 2.09. The molecule has 4 heteroatoms. The number of methoxy groups -OCH3 is 1. The molecule has 2 aromatic carbocycles. The molecule has 116 valence electrons. The first-order valence-electron chi connectivity index (χ1n) is 7.30. The van der Waals surface area contributed by atoms with E-state index in [1.54, 1.807) is 7.11 Å². The van der Waals surface area contributed by atoms with Crippen molar-refractivity contribution >= 4 is 6.03 Å². The van der Waals surface area contributed by atoms with E-state index in [-0.39, 0.29) is 6.03 Å². The monoisotopic (exact) mass is 298 g/mol. The fourth-order valence-corrected chi connectivity index (χ4v) is 2.38. The first-order chi connectivity index (χ1) is 10.6. The number of hydrogen-bond donors (Lipinski definition) is 2. The normalized spacial score (nSPS) is 10.1. The van der Waals surface area contributed by atoms with Crippen LogP contribution in [0.15, 0.2) is 42.5 Å². The minimum absolute atomic E-state index is 0.189. The smallest absolute Gasteiger partial charge is 0.315 e. The Bertz CT molecular complexity index is 639. The standard InChI is InChI=1S/C18H22N2O2/c1-13-9-14(2)16(17(10-13)22-3)12-20-18(21)19-11-15-7-5-4-6-8-15/h4-10H,11-12H2,1-3H3,(H2,19,20,21). The van der Waals surface area contributed by atoms with Crippen LogP contribution in [0.1, 0.15) is 22.3 Å². The van der Waals surface area contributed by atoms with E-state index in [0.717, 1.165) is 28.0 Å². The molecule has 0 unspecified atom stereocenters. The van der Waals surface area contributed by atoms with Gasteiger partial charge in [-0.2, -0.15) is 0 Å². The van der Waals surface area contributed by atoms with E-state index < -0.39 is 0 Å². The number of amides is 2. The Balaban J connectivity index is 1.91. The number of ether oxygens (including phenoxy) is 1. The van der Waals surface area contributed by atoms with Crippen LogP contribution >= 0.6 is 0 Å². The lowest BCUT2D eigenvalue weighted by atomic mass is 10.0. The molecule has 2 amide bonds. The highest BCUT2D eigenvalue weighted by Crippen LogP contribution is 2.23. The second-order valence-electron chi connectivity index (χ2n) is 5.28. The van der Waals surface area contributed by atoms with Crippen LogP contribution in [0.3, 0.4) is 0 Å². The third-order valence-electron chi connectivity index (χ3n) is 3.52. The largest absolute Gasteiger partial charge is 0.496 e. The molecule has 0 saturated heterocycles. The third kappa shape index (κ3) is 4.25. The summed E-state index contributed by atoms with van der Waals surface area (Å²) in [5, 5.41) is 5.72. The summed E-state index contributed by atoms with van der Waals surface area (Å²) < 4.78 is 5.40. The summed E-state index contributed by atoms with van der Waals surface area (Å²) >= 11 is 0. The lowest BCUT2D eigenvalue weighted by Crippen LogP contribution is -2.34. The van der Waals surface area contributed by atoms with E-state index in [0.29, 0.717) is 13.1 Å². The van der Waals surface area contributed by atoms with Gasteiger partial charge in [0, 0.05) is 18.7 Å². The second-order valence-corrected chi connectivity index (χ2v) is 5.28. The third-order valence-corrected chi connectivity index (χ3v) is 3.52. The van der Waals surface area contributed by atoms with Gasteiger partial charge in [-0.1, -0.05) is 36.4 Å². The first kappa shape index (κ1) is 15.9. The van der Waals surface area contributed by atoms with Crippen LogP contribution in [0.2, 0.25) is 0 Å². The molecule has 0 bridgehead atoms. The molecule has 0 spiro atoms. The maximum absolute atomic E-state index is 11.9. The van der Waals surface area contributed by atoms with Crippen LogP contribution in [0.5, 0.6) is 5.75 Å². The van der Waals surface area contributed by atoms with Gasteiger partial charge in [-0.15, -0.1) is 0 Å². The average molecular weight is 298 g/mol. The predicted octanol–water partition coefficient (Wildman–Crippen LogP) is 3.31. The number of rotatable bonds is 5. The molecule has 0 aromatic heterocycles. The molecule has 0 aliphatic carbocycles. The van der Waals surface area contributed by atoms with Gasteiger partial charge in [0.25, 0.3) is 0 Å². The molecule has 0 saturated carbocycles. The first-order valence-corrected chi connectivity index (χ1v) is 7.30. The van der Waals surface area contributed by atoms with Crippen LogP contribution < -0.4 is 15.4 Å². The minimum atomic E-state index is -0.189. The van der Waals surface area contributed by atoms with E-state index in [1.165, 1.54) is 0 Å². The summed E-state index contributed by atoms with van der Waals surface area (Å²) in [5.74, 6) is 0.806. The number of urea groups is 1. The molecule has 22 heavy (non-hydrogen) atoms. The maximum atomic E-state index is 11.9.